The summed E-state index contributed by atoms with van der Waals surface area (Å²) in [5.74, 6) is 1.07. The zero-order chi connectivity index (χ0) is 11.3. The van der Waals surface area contributed by atoms with Crippen LogP contribution in [0.2, 0.25) is 0 Å². The van der Waals surface area contributed by atoms with E-state index in [2.05, 4.69) is 0 Å². The molecule has 0 heterocycles. The minimum absolute atomic E-state index is 0.00391. The van der Waals surface area contributed by atoms with E-state index in [1.165, 1.54) is 7.11 Å². The minimum Gasteiger partial charge on any atom is -0.497 e. The first-order valence-electron chi connectivity index (χ1n) is 4.35. The molecule has 1 aromatic rings. The lowest BCUT2D eigenvalue weighted by Gasteiger charge is -2.08. The predicted molar refractivity (Wildman–Crippen MR) is 60.4 cm³/mol. The molecule has 0 aliphatic carbocycles. The first kappa shape index (κ1) is 11.7. The van der Waals surface area contributed by atoms with Crippen LogP contribution in [0.15, 0.2) is 18.2 Å². The largest absolute Gasteiger partial charge is 0.497 e. The topological polar surface area (TPSA) is 44.5 Å². The van der Waals surface area contributed by atoms with Gasteiger partial charge in [-0.25, -0.2) is 4.39 Å². The molecule has 0 atom stereocenters. The molecule has 3 nitrogen and oxygen atoms in total. The molecule has 2 N–H and O–H groups in total. The fourth-order valence-corrected chi connectivity index (χ4v) is 1.19. The van der Waals surface area contributed by atoms with E-state index in [-0.39, 0.29) is 11.6 Å². The maximum atomic E-state index is 11.9. The molecule has 0 aliphatic rings. The van der Waals surface area contributed by atoms with E-state index in [1.54, 1.807) is 18.2 Å². The molecule has 0 spiro atoms. The molecule has 0 bridgehead atoms. The van der Waals surface area contributed by atoms with Crippen LogP contribution >= 0.6 is 12.2 Å². The van der Waals surface area contributed by atoms with E-state index in [9.17, 15) is 4.39 Å². The van der Waals surface area contributed by atoms with Gasteiger partial charge in [-0.15, -0.1) is 0 Å². The Kier molecular flexibility index (Phi) is 4.30. The maximum absolute atomic E-state index is 11.9. The average Bonchev–Trinajstić information content (AvgIpc) is 2.25. The van der Waals surface area contributed by atoms with Gasteiger partial charge < -0.3 is 15.2 Å². The number of alkyl halides is 1. The summed E-state index contributed by atoms with van der Waals surface area (Å²) >= 11 is 4.83. The highest BCUT2D eigenvalue weighted by molar-refractivity contribution is 7.80. The van der Waals surface area contributed by atoms with E-state index < -0.39 is 6.67 Å². The van der Waals surface area contributed by atoms with Crippen molar-refractivity contribution in [3.63, 3.8) is 0 Å². The highest BCUT2D eigenvalue weighted by Gasteiger charge is 2.04. The summed E-state index contributed by atoms with van der Waals surface area (Å²) in [6.07, 6.45) is 0. The van der Waals surface area contributed by atoms with Crippen LogP contribution in [-0.4, -0.2) is 25.4 Å². The molecule has 5 heteroatoms. The zero-order valence-electron chi connectivity index (χ0n) is 8.33. The molecule has 0 aliphatic heterocycles. The lowest BCUT2D eigenvalue weighted by molar-refractivity contribution is 0.272. The smallest absolute Gasteiger partial charge is 0.123 e. The summed E-state index contributed by atoms with van der Waals surface area (Å²) in [6.45, 7) is -0.538. The summed E-state index contributed by atoms with van der Waals surface area (Å²) in [5.41, 5.74) is 6.12. The predicted octanol–water partition coefficient (Wildman–Crippen LogP) is 1.68. The van der Waals surface area contributed by atoms with Crippen molar-refractivity contribution in [1.29, 1.82) is 0 Å². The minimum atomic E-state index is -0.542. The molecule has 82 valence electrons. The molecule has 0 saturated carbocycles. The number of halogens is 1. The van der Waals surface area contributed by atoms with Crippen molar-refractivity contribution in [2.75, 3.05) is 20.4 Å². The van der Waals surface area contributed by atoms with Crippen molar-refractivity contribution >= 4 is 17.2 Å². The van der Waals surface area contributed by atoms with Gasteiger partial charge in [-0.3, -0.25) is 0 Å². The zero-order valence-corrected chi connectivity index (χ0v) is 9.14. The molecule has 15 heavy (non-hydrogen) atoms. The SMILES string of the molecule is COc1cc(OCCF)cc(C(N)=S)c1. The molecule has 1 rings (SSSR count). The first-order chi connectivity index (χ1) is 7.17. The summed E-state index contributed by atoms with van der Waals surface area (Å²) < 4.78 is 22.1. The number of hydrogen-bond acceptors (Lipinski definition) is 3. The molecule has 0 fully saturated rings. The molecule has 0 amide bonds. The van der Waals surface area contributed by atoms with Crippen molar-refractivity contribution in [3.05, 3.63) is 23.8 Å². The van der Waals surface area contributed by atoms with Gasteiger partial charge in [0.1, 0.15) is 29.8 Å². The number of rotatable bonds is 5. The number of methoxy groups -OCH3 is 1. The van der Waals surface area contributed by atoms with Crippen LogP contribution in [0, 0.1) is 0 Å². The van der Waals surface area contributed by atoms with Gasteiger partial charge >= 0.3 is 0 Å². The molecule has 0 radical (unpaired) electrons. The highest BCUT2D eigenvalue weighted by atomic mass is 32.1. The normalized spacial score (nSPS) is 9.73. The Morgan fingerprint density at radius 3 is 2.60 bits per heavy atom. The van der Waals surface area contributed by atoms with Crippen LogP contribution in [0.3, 0.4) is 0 Å². The van der Waals surface area contributed by atoms with E-state index in [0.717, 1.165) is 0 Å². The number of nitrogens with two attached hydrogens (primary N) is 1. The van der Waals surface area contributed by atoms with Crippen molar-refractivity contribution in [1.82, 2.24) is 0 Å². The van der Waals surface area contributed by atoms with Crippen LogP contribution < -0.4 is 15.2 Å². The van der Waals surface area contributed by atoms with Crippen molar-refractivity contribution in [3.8, 4) is 11.5 Å². The second-order valence-corrected chi connectivity index (χ2v) is 3.24. The summed E-state index contributed by atoms with van der Waals surface area (Å²) in [5, 5.41) is 0. The highest BCUT2D eigenvalue weighted by Crippen LogP contribution is 2.22. The van der Waals surface area contributed by atoms with Gasteiger partial charge in [-0.05, 0) is 12.1 Å². The Balaban J connectivity index is 2.95. The fraction of sp³-hybridized carbons (Fsp3) is 0.300. The van der Waals surface area contributed by atoms with Gasteiger partial charge in [-0.1, -0.05) is 12.2 Å². The maximum Gasteiger partial charge on any atom is 0.123 e. The van der Waals surface area contributed by atoms with Crippen molar-refractivity contribution < 1.29 is 13.9 Å². The molecule has 1 aromatic carbocycles. The van der Waals surface area contributed by atoms with E-state index in [0.29, 0.717) is 17.1 Å². The van der Waals surface area contributed by atoms with Gasteiger partial charge in [0.25, 0.3) is 0 Å². The Labute approximate surface area is 93.0 Å². The number of thiocarbonyl (C=S) groups is 1. The van der Waals surface area contributed by atoms with E-state index in [4.69, 9.17) is 27.4 Å². The molecule has 0 unspecified atom stereocenters. The summed E-state index contributed by atoms with van der Waals surface area (Å²) in [4.78, 5) is 0.249. The lowest BCUT2D eigenvalue weighted by atomic mass is 10.2. The monoisotopic (exact) mass is 229 g/mol. The van der Waals surface area contributed by atoms with Crippen LogP contribution in [-0.2, 0) is 0 Å². The lowest BCUT2D eigenvalue weighted by Crippen LogP contribution is -2.10. The van der Waals surface area contributed by atoms with Gasteiger partial charge in [0, 0.05) is 11.6 Å². The second-order valence-electron chi connectivity index (χ2n) is 2.80. The van der Waals surface area contributed by atoms with Crippen LogP contribution in [0.1, 0.15) is 5.56 Å². The first-order valence-corrected chi connectivity index (χ1v) is 4.76. The van der Waals surface area contributed by atoms with Gasteiger partial charge in [-0.2, -0.15) is 0 Å². The Hall–Kier alpha value is -1.36. The average molecular weight is 229 g/mol. The van der Waals surface area contributed by atoms with Crippen LogP contribution in [0.5, 0.6) is 11.5 Å². The Morgan fingerprint density at radius 2 is 2.07 bits per heavy atom. The van der Waals surface area contributed by atoms with E-state index in [1.807, 2.05) is 0 Å². The van der Waals surface area contributed by atoms with Crippen molar-refractivity contribution in [2.45, 2.75) is 0 Å². The summed E-state index contributed by atoms with van der Waals surface area (Å²) in [7, 11) is 1.53. The van der Waals surface area contributed by atoms with Crippen LogP contribution in [0.25, 0.3) is 0 Å². The van der Waals surface area contributed by atoms with Gasteiger partial charge in [0.2, 0.25) is 0 Å². The molecular weight excluding hydrogens is 217 g/mol. The molecular formula is C10H12FNO2S. The number of benzene rings is 1. The van der Waals surface area contributed by atoms with Crippen LogP contribution in [0.4, 0.5) is 4.39 Å². The third-order valence-electron chi connectivity index (χ3n) is 1.75. The molecule has 0 saturated heterocycles. The van der Waals surface area contributed by atoms with Crippen molar-refractivity contribution in [2.24, 2.45) is 5.73 Å². The van der Waals surface area contributed by atoms with E-state index >= 15 is 0 Å². The fourth-order valence-electron chi connectivity index (χ4n) is 1.07. The number of ether oxygens (including phenoxy) is 2. The van der Waals surface area contributed by atoms with Gasteiger partial charge in [0.05, 0.1) is 7.11 Å². The quantitative estimate of drug-likeness (QED) is 0.780. The third kappa shape index (κ3) is 3.36. The second kappa shape index (κ2) is 5.50. The molecule has 0 aromatic heterocycles. The third-order valence-corrected chi connectivity index (χ3v) is 1.98. The Morgan fingerprint density at radius 1 is 1.40 bits per heavy atom. The Bertz CT molecular complexity index is 357. The standard InChI is InChI=1S/C10H12FNO2S/c1-13-8-4-7(10(12)15)5-9(6-8)14-3-2-11/h4-6H,2-3H2,1H3,(H2,12,15). The number of hydrogen-bond donors (Lipinski definition) is 1. The van der Waals surface area contributed by atoms with Gasteiger partial charge in [0.15, 0.2) is 0 Å². The summed E-state index contributed by atoms with van der Waals surface area (Å²) in [6, 6.07) is 5.00.